The van der Waals surface area contributed by atoms with E-state index in [1.54, 1.807) is 24.3 Å². The molecular weight excluding hydrogens is 332 g/mol. The fraction of sp³-hybridized carbons (Fsp3) is 0.105. The van der Waals surface area contributed by atoms with Crippen LogP contribution in [0.1, 0.15) is 5.56 Å². The molecule has 0 N–H and O–H groups in total. The molecule has 0 spiro atoms. The van der Waals surface area contributed by atoms with Crippen LogP contribution in [0.25, 0.3) is 0 Å². The monoisotopic (exact) mass is 350 g/mol. The van der Waals surface area contributed by atoms with Gasteiger partial charge in [-0.25, -0.2) is 12.1 Å². The van der Waals surface area contributed by atoms with E-state index in [0.717, 1.165) is 5.75 Å². The topological polar surface area (TPSA) is 41.5 Å². The molecule has 0 aromatic heterocycles. The van der Waals surface area contributed by atoms with E-state index in [2.05, 4.69) is 16.9 Å². The van der Waals surface area contributed by atoms with E-state index >= 15 is 0 Å². The summed E-state index contributed by atoms with van der Waals surface area (Å²) in [6.07, 6.45) is 7.02. The molecule has 1 aliphatic rings. The van der Waals surface area contributed by atoms with E-state index in [-0.39, 0.29) is 23.0 Å². The third-order valence-electron chi connectivity index (χ3n) is 2.96. The second-order valence-electron chi connectivity index (χ2n) is 4.56. The first-order valence-electron chi connectivity index (χ1n) is 6.98. The summed E-state index contributed by atoms with van der Waals surface area (Å²) in [7, 11) is 1.37. The first-order valence-corrected chi connectivity index (χ1v) is 6.98. The van der Waals surface area contributed by atoms with Gasteiger partial charge in [-0.3, -0.25) is 0 Å². The number of hydrogen-bond acceptors (Lipinski definition) is 3. The van der Waals surface area contributed by atoms with Crippen LogP contribution >= 0.6 is 0 Å². The van der Waals surface area contributed by atoms with Crippen LogP contribution in [-0.4, -0.2) is 7.11 Å². The van der Waals surface area contributed by atoms with Crippen molar-refractivity contribution in [3.63, 3.8) is 0 Å². The summed E-state index contributed by atoms with van der Waals surface area (Å²) >= 11 is 0. The summed E-state index contributed by atoms with van der Waals surface area (Å²) in [6.45, 7) is 0.650. The van der Waals surface area contributed by atoms with Crippen molar-refractivity contribution in [2.45, 2.75) is 6.61 Å². The Labute approximate surface area is 147 Å². The van der Waals surface area contributed by atoms with Crippen LogP contribution < -0.4 is 9.84 Å². The number of allylic oxidation sites excluding steroid dienone is 5. The van der Waals surface area contributed by atoms with Crippen molar-refractivity contribution in [3.05, 3.63) is 96.0 Å². The average Bonchev–Trinajstić information content (AvgIpc) is 3.27. The summed E-state index contributed by atoms with van der Waals surface area (Å²) < 4.78 is 10.0. The molecule has 0 amide bonds. The van der Waals surface area contributed by atoms with E-state index in [9.17, 15) is 5.11 Å². The Hall–Kier alpha value is -2.29. The Bertz CT molecular complexity index is 627. The molecule has 0 saturated heterocycles. The minimum absolute atomic E-state index is 0. The molecule has 23 heavy (non-hydrogen) atoms. The predicted octanol–water partition coefficient (Wildman–Crippen LogP) is 3.31. The summed E-state index contributed by atoms with van der Waals surface area (Å²) in [5.41, 5.74) is 1.82. The maximum Gasteiger partial charge on any atom is 2.00 e. The molecule has 2 aromatic carbocycles. The zero-order chi connectivity index (χ0) is 15.6. The minimum Gasteiger partial charge on any atom is -0.616 e. The van der Waals surface area contributed by atoms with Gasteiger partial charge in [-0.15, -0.1) is 5.56 Å². The fourth-order valence-corrected chi connectivity index (χ4v) is 1.82. The van der Waals surface area contributed by atoms with Crippen molar-refractivity contribution in [2.24, 2.45) is 0 Å². The van der Waals surface area contributed by atoms with Crippen LogP contribution in [0.3, 0.4) is 0 Å². The third-order valence-corrected chi connectivity index (χ3v) is 2.96. The van der Waals surface area contributed by atoms with Gasteiger partial charge >= 0.3 is 17.1 Å². The zero-order valence-electron chi connectivity index (χ0n) is 12.8. The van der Waals surface area contributed by atoms with Gasteiger partial charge in [-0.05, 0) is 24.8 Å². The molecule has 0 fully saturated rings. The van der Waals surface area contributed by atoms with Gasteiger partial charge in [0.2, 0.25) is 0 Å². The first kappa shape index (κ1) is 18.8. The van der Waals surface area contributed by atoms with Crippen LogP contribution in [0.15, 0.2) is 90.4 Å². The fourth-order valence-electron chi connectivity index (χ4n) is 1.82. The Morgan fingerprint density at radius 2 is 1.74 bits per heavy atom. The average molecular weight is 350 g/mol. The normalized spacial score (nSPS) is 11.3. The zero-order valence-corrected chi connectivity index (χ0v) is 13.9. The molecule has 0 atom stereocenters. The van der Waals surface area contributed by atoms with Crippen molar-refractivity contribution in [2.75, 3.05) is 7.11 Å². The smallest absolute Gasteiger partial charge is 0.616 e. The number of para-hydroxylation sites is 1. The van der Waals surface area contributed by atoms with Crippen LogP contribution in [0.5, 0.6) is 5.75 Å². The van der Waals surface area contributed by atoms with Crippen molar-refractivity contribution in [1.29, 1.82) is 0 Å². The SMILES string of the molecule is COC([O-])=C1C=CC=C1.[Fe+2].c1ccc(OCc2ccc[cH-]2)cc1. The van der Waals surface area contributed by atoms with Crippen molar-refractivity contribution in [3.8, 4) is 5.75 Å². The Kier molecular flexibility index (Phi) is 8.51. The van der Waals surface area contributed by atoms with Crippen molar-refractivity contribution in [1.82, 2.24) is 0 Å². The molecule has 0 aliphatic heterocycles. The maximum absolute atomic E-state index is 10.7. The van der Waals surface area contributed by atoms with Gasteiger partial charge in [-0.2, -0.15) is 12.1 Å². The summed E-state index contributed by atoms with van der Waals surface area (Å²) in [5.74, 6) is 0.642. The van der Waals surface area contributed by atoms with Gasteiger partial charge in [0.15, 0.2) is 0 Å². The molecule has 0 radical (unpaired) electrons. The van der Waals surface area contributed by atoms with Crippen LogP contribution in [-0.2, 0) is 28.4 Å². The number of methoxy groups -OCH3 is 1. The first-order chi connectivity index (χ1) is 10.8. The Morgan fingerprint density at radius 1 is 1.04 bits per heavy atom. The van der Waals surface area contributed by atoms with Gasteiger partial charge in [-0.1, -0.05) is 42.5 Å². The van der Waals surface area contributed by atoms with Gasteiger partial charge < -0.3 is 14.6 Å². The predicted molar refractivity (Wildman–Crippen MR) is 85.1 cm³/mol. The van der Waals surface area contributed by atoms with Crippen molar-refractivity contribution < 1.29 is 31.6 Å². The van der Waals surface area contributed by atoms with E-state index in [1.165, 1.54) is 12.7 Å². The molecule has 0 bridgehead atoms. The number of hydrogen-bond donors (Lipinski definition) is 0. The van der Waals surface area contributed by atoms with E-state index < -0.39 is 0 Å². The third kappa shape index (κ3) is 6.55. The molecule has 4 heteroatoms. The molecule has 0 heterocycles. The maximum atomic E-state index is 10.7. The summed E-state index contributed by atoms with van der Waals surface area (Å²) in [6, 6.07) is 18.0. The molecule has 2 aromatic rings. The number of ether oxygens (including phenoxy) is 2. The van der Waals surface area contributed by atoms with Gasteiger partial charge in [0.05, 0.1) is 12.6 Å². The van der Waals surface area contributed by atoms with Crippen LogP contribution in [0, 0.1) is 0 Å². The largest absolute Gasteiger partial charge is 2.00 e. The van der Waals surface area contributed by atoms with E-state index in [1.807, 2.05) is 42.5 Å². The molecule has 3 rings (SSSR count). The number of rotatable bonds is 4. The Morgan fingerprint density at radius 3 is 2.30 bits per heavy atom. The van der Waals surface area contributed by atoms with Crippen molar-refractivity contribution >= 4 is 0 Å². The van der Waals surface area contributed by atoms with Gasteiger partial charge in [0.25, 0.3) is 0 Å². The molecule has 0 saturated carbocycles. The number of benzene rings is 1. The summed E-state index contributed by atoms with van der Waals surface area (Å²) in [4.78, 5) is 0. The van der Waals surface area contributed by atoms with Crippen LogP contribution in [0.4, 0.5) is 0 Å². The quantitative estimate of drug-likeness (QED) is 0.483. The standard InChI is InChI=1S/C12H11O.C7H8O2.Fe/c1-2-8-12(9-3-1)13-10-11-6-4-5-7-11;1-9-7(8)6-4-2-3-5-6;/h1-9H,10H2;2-5,8H,1H3;/q-1;;+2/p-1. The molecular formula is C19H18FeO3. The van der Waals surface area contributed by atoms with Gasteiger partial charge in [0, 0.05) is 0 Å². The van der Waals surface area contributed by atoms with Crippen LogP contribution in [0.2, 0.25) is 0 Å². The minimum atomic E-state index is -0.278. The second-order valence-corrected chi connectivity index (χ2v) is 4.56. The molecule has 120 valence electrons. The molecule has 1 aliphatic carbocycles. The molecule has 0 unspecified atom stereocenters. The second kappa shape index (κ2) is 10.4. The Balaban J connectivity index is 0.000000235. The van der Waals surface area contributed by atoms with Gasteiger partial charge in [0.1, 0.15) is 5.75 Å². The molecule has 3 nitrogen and oxygen atoms in total. The summed E-state index contributed by atoms with van der Waals surface area (Å²) in [5, 5.41) is 10.7. The van der Waals surface area contributed by atoms with E-state index in [0.29, 0.717) is 12.2 Å². The van der Waals surface area contributed by atoms with E-state index in [4.69, 9.17) is 4.74 Å².